The molecule has 0 N–H and O–H groups in total. The van der Waals surface area contributed by atoms with Crippen LogP contribution in [0, 0.1) is 0 Å². The maximum absolute atomic E-state index is 6.15. The lowest BCUT2D eigenvalue weighted by Crippen LogP contribution is -2.55. The first-order valence-corrected chi connectivity index (χ1v) is 10.9. The molecule has 4 saturated heterocycles. The lowest BCUT2D eigenvalue weighted by Gasteiger charge is -2.38. The van der Waals surface area contributed by atoms with Gasteiger partial charge in [-0.05, 0) is 0 Å². The van der Waals surface area contributed by atoms with Crippen LogP contribution in [0.2, 0.25) is 0 Å². The first kappa shape index (κ1) is 20.9. The third kappa shape index (κ3) is 5.64. The second-order valence-electron chi connectivity index (χ2n) is 9.34. The molecule has 4 aliphatic rings. The molecule has 0 spiro atoms. The Morgan fingerprint density at radius 1 is 0.643 bits per heavy atom. The van der Waals surface area contributed by atoms with Gasteiger partial charge in [0.25, 0.3) is 0 Å². The van der Waals surface area contributed by atoms with Gasteiger partial charge in [0.05, 0.1) is 53.7 Å². The van der Waals surface area contributed by atoms with Crippen molar-refractivity contribution in [2.45, 2.75) is 37.6 Å². The largest absolute Gasteiger partial charge is 0.370 e. The van der Waals surface area contributed by atoms with Crippen LogP contribution >= 0.6 is 0 Å². The van der Waals surface area contributed by atoms with Crippen LogP contribution in [0.3, 0.4) is 0 Å². The van der Waals surface area contributed by atoms with E-state index in [1.165, 1.54) is 0 Å². The van der Waals surface area contributed by atoms with E-state index in [9.17, 15) is 0 Å². The molecule has 4 heterocycles. The van der Waals surface area contributed by atoms with Crippen molar-refractivity contribution >= 4 is 0 Å². The minimum atomic E-state index is -0.132. The van der Waals surface area contributed by atoms with Gasteiger partial charge in [0.15, 0.2) is 12.6 Å². The number of nitrogens with zero attached hydrogens (tertiary/aromatic N) is 2. The van der Waals surface area contributed by atoms with E-state index in [1.807, 2.05) is 0 Å². The summed E-state index contributed by atoms with van der Waals surface area (Å²) in [4.78, 5) is 0. The van der Waals surface area contributed by atoms with Crippen molar-refractivity contribution in [1.82, 2.24) is 0 Å². The molecule has 0 aromatic carbocycles. The Hall–Kier alpha value is -0.320. The first-order valence-electron chi connectivity index (χ1n) is 10.9. The van der Waals surface area contributed by atoms with Crippen LogP contribution in [-0.2, 0) is 28.4 Å². The van der Waals surface area contributed by atoms with Gasteiger partial charge in [-0.15, -0.1) is 0 Å². The van der Waals surface area contributed by atoms with E-state index in [1.54, 1.807) is 0 Å². The molecule has 0 aromatic heterocycles. The van der Waals surface area contributed by atoms with Crippen molar-refractivity contribution in [3.05, 3.63) is 0 Å². The van der Waals surface area contributed by atoms with Gasteiger partial charge in [0.2, 0.25) is 0 Å². The molecule has 4 unspecified atom stereocenters. The number of rotatable bonds is 7. The highest BCUT2D eigenvalue weighted by Gasteiger charge is 2.37. The van der Waals surface area contributed by atoms with Crippen LogP contribution in [0.1, 0.15) is 12.8 Å². The average molecular weight is 403 g/mol. The number of morpholine rings is 2. The zero-order valence-corrected chi connectivity index (χ0v) is 17.6. The van der Waals surface area contributed by atoms with Crippen LogP contribution in [0.5, 0.6) is 0 Å². The Kier molecular flexibility index (Phi) is 6.89. The maximum Gasteiger partial charge on any atom is 0.158 e. The van der Waals surface area contributed by atoms with Crippen LogP contribution in [0.25, 0.3) is 0 Å². The Balaban J connectivity index is 1.14. The van der Waals surface area contributed by atoms with Gasteiger partial charge in [-0.2, -0.15) is 0 Å². The highest BCUT2D eigenvalue weighted by atomic mass is 16.7. The minimum Gasteiger partial charge on any atom is -0.370 e. The zero-order valence-electron chi connectivity index (χ0n) is 17.6. The molecule has 8 nitrogen and oxygen atoms in total. The summed E-state index contributed by atoms with van der Waals surface area (Å²) in [5.74, 6) is 0. The van der Waals surface area contributed by atoms with Gasteiger partial charge in [-0.25, -0.2) is 0 Å². The van der Waals surface area contributed by atoms with Crippen LogP contribution in [0.4, 0.5) is 0 Å². The molecule has 8 heteroatoms. The predicted octanol–water partition coefficient (Wildman–Crippen LogP) is 0.203. The van der Waals surface area contributed by atoms with Crippen molar-refractivity contribution in [3.8, 4) is 0 Å². The van der Waals surface area contributed by atoms with Crippen molar-refractivity contribution in [1.29, 1.82) is 0 Å². The third-order valence-electron chi connectivity index (χ3n) is 6.65. The van der Waals surface area contributed by atoms with Gasteiger partial charge in [0.1, 0.15) is 51.5 Å². The summed E-state index contributed by atoms with van der Waals surface area (Å²) in [6.07, 6.45) is 1.73. The fourth-order valence-electron chi connectivity index (χ4n) is 4.70. The highest BCUT2D eigenvalue weighted by Crippen LogP contribution is 2.24. The fraction of sp³-hybridized carbons (Fsp3) is 1.00. The minimum absolute atomic E-state index is 0.132. The van der Waals surface area contributed by atoms with E-state index in [0.29, 0.717) is 13.2 Å². The summed E-state index contributed by atoms with van der Waals surface area (Å²) in [5, 5.41) is 0. The maximum atomic E-state index is 6.15. The lowest BCUT2D eigenvalue weighted by atomic mass is 10.2. The molecule has 0 bridgehead atoms. The number of quaternary nitrogens is 2. The average Bonchev–Trinajstić information content (AvgIpc) is 3.29. The normalized spacial score (nSPS) is 37.9. The Morgan fingerprint density at radius 2 is 1.04 bits per heavy atom. The Bertz CT molecular complexity index is 451. The molecule has 4 fully saturated rings. The zero-order chi connectivity index (χ0) is 19.5. The van der Waals surface area contributed by atoms with Crippen molar-refractivity contribution in [3.63, 3.8) is 0 Å². The molecular formula is C20H38N2O6+2. The highest BCUT2D eigenvalue weighted by molar-refractivity contribution is 4.70. The van der Waals surface area contributed by atoms with Crippen LogP contribution < -0.4 is 0 Å². The molecule has 4 rings (SSSR count). The quantitative estimate of drug-likeness (QED) is 0.568. The van der Waals surface area contributed by atoms with E-state index in [2.05, 4.69) is 14.1 Å². The van der Waals surface area contributed by atoms with Crippen molar-refractivity contribution in [2.75, 3.05) is 93.0 Å². The Labute approximate surface area is 168 Å². The van der Waals surface area contributed by atoms with Gasteiger partial charge >= 0.3 is 0 Å². The molecular weight excluding hydrogens is 364 g/mol. The van der Waals surface area contributed by atoms with Gasteiger partial charge < -0.3 is 37.4 Å². The van der Waals surface area contributed by atoms with Crippen LogP contribution in [0.15, 0.2) is 0 Å². The van der Waals surface area contributed by atoms with Crippen LogP contribution in [-0.4, -0.2) is 127 Å². The summed E-state index contributed by atoms with van der Waals surface area (Å²) in [6, 6.07) is 0. The van der Waals surface area contributed by atoms with Gasteiger partial charge in [-0.1, -0.05) is 0 Å². The molecule has 0 aromatic rings. The number of hydrogen-bond donors (Lipinski definition) is 0. The topological polar surface area (TPSA) is 55.4 Å². The monoisotopic (exact) mass is 402 g/mol. The van der Waals surface area contributed by atoms with E-state index >= 15 is 0 Å². The summed E-state index contributed by atoms with van der Waals surface area (Å²) in [5.41, 5.74) is 0. The van der Waals surface area contributed by atoms with Gasteiger partial charge in [-0.3, -0.25) is 0 Å². The second-order valence-corrected chi connectivity index (χ2v) is 9.34. The molecule has 4 aliphatic heterocycles. The number of ether oxygens (including phenoxy) is 6. The molecule has 0 amide bonds. The predicted molar refractivity (Wildman–Crippen MR) is 102 cm³/mol. The summed E-state index contributed by atoms with van der Waals surface area (Å²) < 4.78 is 37.1. The number of likely N-dealkylation sites (N-methyl/N-ethyl adjacent to an activating group) is 2. The molecule has 0 aliphatic carbocycles. The molecule has 0 radical (unpaired) electrons. The fourth-order valence-corrected chi connectivity index (χ4v) is 4.70. The lowest BCUT2D eigenvalue weighted by molar-refractivity contribution is -0.919. The van der Waals surface area contributed by atoms with E-state index < -0.39 is 0 Å². The van der Waals surface area contributed by atoms with Crippen molar-refractivity contribution in [2.24, 2.45) is 0 Å². The molecule has 28 heavy (non-hydrogen) atoms. The van der Waals surface area contributed by atoms with E-state index in [0.717, 1.165) is 87.5 Å². The molecule has 4 atom stereocenters. The smallest absolute Gasteiger partial charge is 0.158 e. The molecule has 162 valence electrons. The standard InChI is InChI=1S/C20H38N2O6/c1-21(5-9-23-10-6-21)13-17-15-25-19(27-17)3-4-20-26-16-18(28-20)14-22(2)7-11-24-12-8-22/h17-20H,3-16H2,1-2H3/q+2. The SMILES string of the molecule is C[N+]1(CC2COC(CCC3OCC(C[N+]4(C)CCOCC4)O3)O2)CCOCC1. The number of hydrogen-bond acceptors (Lipinski definition) is 6. The van der Waals surface area contributed by atoms with Gasteiger partial charge in [0, 0.05) is 12.8 Å². The summed E-state index contributed by atoms with van der Waals surface area (Å²) in [7, 11) is 4.58. The summed E-state index contributed by atoms with van der Waals surface area (Å²) in [6.45, 7) is 11.0. The third-order valence-corrected chi connectivity index (χ3v) is 6.65. The summed E-state index contributed by atoms with van der Waals surface area (Å²) >= 11 is 0. The van der Waals surface area contributed by atoms with Crippen molar-refractivity contribution < 1.29 is 37.4 Å². The second kappa shape index (κ2) is 9.22. The molecule has 0 saturated carbocycles. The van der Waals surface area contributed by atoms with E-state index in [-0.39, 0.29) is 24.8 Å². The van der Waals surface area contributed by atoms with E-state index in [4.69, 9.17) is 28.4 Å². The Morgan fingerprint density at radius 3 is 1.43 bits per heavy atom. The first-order chi connectivity index (χ1) is 13.5.